The van der Waals surface area contributed by atoms with Gasteiger partial charge in [0, 0.05) is 11.8 Å². The van der Waals surface area contributed by atoms with Gasteiger partial charge in [0.1, 0.15) is 0 Å². The Hall–Kier alpha value is -2.38. The number of aliphatic hydroxyl groups is 1. The molecule has 0 bridgehead atoms. The second kappa shape index (κ2) is 8.64. The highest BCUT2D eigenvalue weighted by atomic mass is 16.3. The lowest BCUT2D eigenvalue weighted by Gasteiger charge is -2.22. The molecular formula is C24H28O. The van der Waals surface area contributed by atoms with E-state index in [2.05, 4.69) is 80.6 Å². The van der Waals surface area contributed by atoms with Crippen molar-refractivity contribution in [2.24, 2.45) is 0 Å². The van der Waals surface area contributed by atoms with E-state index in [-0.39, 0.29) is 25.9 Å². The average Bonchev–Trinajstić information content (AvgIpc) is 2.67. The predicted molar refractivity (Wildman–Crippen MR) is 107 cm³/mol. The van der Waals surface area contributed by atoms with Gasteiger partial charge in [-0.05, 0) is 27.8 Å². The SMILES string of the molecule is C.CC(c1ccccc1)c1cccc(C(C)c2ccccc2)c1CO. The molecule has 0 saturated heterocycles. The molecule has 25 heavy (non-hydrogen) atoms. The molecule has 0 heterocycles. The number of aliphatic hydroxyl groups excluding tert-OH is 1. The van der Waals surface area contributed by atoms with E-state index in [0.29, 0.717) is 0 Å². The average molecular weight is 332 g/mol. The normalized spacial score (nSPS) is 12.9. The van der Waals surface area contributed by atoms with E-state index in [4.69, 9.17) is 0 Å². The van der Waals surface area contributed by atoms with E-state index in [1.807, 2.05) is 12.1 Å². The summed E-state index contributed by atoms with van der Waals surface area (Å²) in [5.74, 6) is 0.521. The van der Waals surface area contributed by atoms with Crippen LogP contribution in [0.2, 0.25) is 0 Å². The fourth-order valence-corrected chi connectivity index (χ4v) is 3.46. The van der Waals surface area contributed by atoms with E-state index >= 15 is 0 Å². The maximum Gasteiger partial charge on any atom is 0.0687 e. The Balaban J connectivity index is 0.00000225. The molecule has 130 valence electrons. The van der Waals surface area contributed by atoms with E-state index in [0.717, 1.165) is 5.56 Å². The summed E-state index contributed by atoms with van der Waals surface area (Å²) in [6.45, 7) is 4.49. The summed E-state index contributed by atoms with van der Waals surface area (Å²) < 4.78 is 0. The van der Waals surface area contributed by atoms with Crippen LogP contribution in [0.25, 0.3) is 0 Å². The van der Waals surface area contributed by atoms with Crippen LogP contribution >= 0.6 is 0 Å². The Morgan fingerprint density at radius 2 is 1.04 bits per heavy atom. The molecule has 0 aliphatic carbocycles. The molecule has 3 rings (SSSR count). The van der Waals surface area contributed by atoms with Crippen molar-refractivity contribution in [3.05, 3.63) is 107 Å². The second-order valence-corrected chi connectivity index (χ2v) is 6.34. The summed E-state index contributed by atoms with van der Waals surface area (Å²) in [7, 11) is 0. The molecule has 0 aliphatic rings. The fourth-order valence-electron chi connectivity index (χ4n) is 3.46. The van der Waals surface area contributed by atoms with Gasteiger partial charge in [-0.2, -0.15) is 0 Å². The summed E-state index contributed by atoms with van der Waals surface area (Å²) >= 11 is 0. The van der Waals surface area contributed by atoms with Crippen LogP contribution in [-0.2, 0) is 6.61 Å². The molecule has 0 radical (unpaired) electrons. The molecule has 1 heteroatoms. The third-order valence-corrected chi connectivity index (χ3v) is 4.94. The van der Waals surface area contributed by atoms with E-state index < -0.39 is 0 Å². The Bertz CT molecular complexity index is 714. The van der Waals surface area contributed by atoms with Crippen LogP contribution in [0.3, 0.4) is 0 Å². The second-order valence-electron chi connectivity index (χ2n) is 6.34. The third-order valence-electron chi connectivity index (χ3n) is 4.94. The third kappa shape index (κ3) is 4.00. The van der Waals surface area contributed by atoms with Crippen LogP contribution in [0.15, 0.2) is 78.9 Å². The van der Waals surface area contributed by atoms with Crippen LogP contribution in [0.4, 0.5) is 0 Å². The first kappa shape index (κ1) is 19.0. The van der Waals surface area contributed by atoms with E-state index in [9.17, 15) is 5.11 Å². The lowest BCUT2D eigenvalue weighted by molar-refractivity contribution is 0.278. The zero-order chi connectivity index (χ0) is 16.9. The molecule has 1 N–H and O–H groups in total. The molecule has 1 nitrogen and oxygen atoms in total. The van der Waals surface area contributed by atoms with Gasteiger partial charge < -0.3 is 5.11 Å². The van der Waals surface area contributed by atoms with E-state index in [1.54, 1.807) is 0 Å². The van der Waals surface area contributed by atoms with Crippen molar-refractivity contribution >= 4 is 0 Å². The van der Waals surface area contributed by atoms with Gasteiger partial charge in [-0.1, -0.05) is 100 Å². The molecule has 0 saturated carbocycles. The topological polar surface area (TPSA) is 20.2 Å². The van der Waals surface area contributed by atoms with Crippen molar-refractivity contribution in [1.82, 2.24) is 0 Å². The Morgan fingerprint density at radius 3 is 1.40 bits per heavy atom. The highest BCUT2D eigenvalue weighted by Gasteiger charge is 2.18. The van der Waals surface area contributed by atoms with Gasteiger partial charge in [0.05, 0.1) is 6.61 Å². The molecule has 2 unspecified atom stereocenters. The molecule has 0 aromatic heterocycles. The van der Waals surface area contributed by atoms with Crippen molar-refractivity contribution < 1.29 is 5.11 Å². The van der Waals surface area contributed by atoms with Crippen LogP contribution in [-0.4, -0.2) is 5.11 Å². The lowest BCUT2D eigenvalue weighted by atomic mass is 9.83. The first-order chi connectivity index (χ1) is 11.7. The highest BCUT2D eigenvalue weighted by molar-refractivity contribution is 5.45. The van der Waals surface area contributed by atoms with Crippen molar-refractivity contribution in [2.75, 3.05) is 0 Å². The van der Waals surface area contributed by atoms with Gasteiger partial charge in [-0.3, -0.25) is 0 Å². The van der Waals surface area contributed by atoms with Gasteiger partial charge in [0.2, 0.25) is 0 Å². The Morgan fingerprint density at radius 1 is 0.640 bits per heavy atom. The summed E-state index contributed by atoms with van der Waals surface area (Å²) in [6, 6.07) is 27.4. The minimum Gasteiger partial charge on any atom is -0.392 e. The van der Waals surface area contributed by atoms with Gasteiger partial charge in [0.15, 0.2) is 0 Å². The number of hydrogen-bond acceptors (Lipinski definition) is 1. The number of hydrogen-bond donors (Lipinski definition) is 1. The molecule has 3 aromatic rings. The van der Waals surface area contributed by atoms with Crippen molar-refractivity contribution in [2.45, 2.75) is 39.7 Å². The van der Waals surface area contributed by atoms with Gasteiger partial charge >= 0.3 is 0 Å². The quantitative estimate of drug-likeness (QED) is 0.597. The lowest BCUT2D eigenvalue weighted by Crippen LogP contribution is -2.07. The fraction of sp³-hybridized carbons (Fsp3) is 0.250. The van der Waals surface area contributed by atoms with Crippen molar-refractivity contribution in [1.29, 1.82) is 0 Å². The molecule has 3 aromatic carbocycles. The van der Waals surface area contributed by atoms with Gasteiger partial charge in [-0.15, -0.1) is 0 Å². The number of benzene rings is 3. The first-order valence-corrected chi connectivity index (χ1v) is 8.54. The van der Waals surface area contributed by atoms with Crippen LogP contribution in [0.5, 0.6) is 0 Å². The van der Waals surface area contributed by atoms with Crippen molar-refractivity contribution in [3.8, 4) is 0 Å². The smallest absolute Gasteiger partial charge is 0.0687 e. The highest BCUT2D eigenvalue weighted by Crippen LogP contribution is 2.34. The Kier molecular flexibility index (Phi) is 6.55. The van der Waals surface area contributed by atoms with Gasteiger partial charge in [0.25, 0.3) is 0 Å². The number of rotatable bonds is 5. The maximum atomic E-state index is 10.1. The molecule has 2 atom stereocenters. The molecule has 0 fully saturated rings. The van der Waals surface area contributed by atoms with Gasteiger partial charge in [-0.25, -0.2) is 0 Å². The molecule has 0 amide bonds. The molecular weight excluding hydrogens is 304 g/mol. The van der Waals surface area contributed by atoms with Crippen molar-refractivity contribution in [3.63, 3.8) is 0 Å². The standard InChI is InChI=1S/C23H24O.CH4/c1-17(19-10-5-3-6-11-19)21-14-9-15-22(23(21)16-24)18(2)20-12-7-4-8-13-20;/h3-15,17-18,24H,16H2,1-2H3;1H4. The summed E-state index contributed by atoms with van der Waals surface area (Å²) in [4.78, 5) is 0. The minimum absolute atomic E-state index is 0. The molecule has 0 spiro atoms. The summed E-state index contributed by atoms with van der Waals surface area (Å²) in [5, 5.41) is 10.1. The maximum absolute atomic E-state index is 10.1. The predicted octanol–water partition coefficient (Wildman–Crippen LogP) is 6.12. The zero-order valence-electron chi connectivity index (χ0n) is 14.3. The summed E-state index contributed by atoms with van der Waals surface area (Å²) in [6.07, 6.45) is 0. The largest absolute Gasteiger partial charge is 0.392 e. The molecule has 0 aliphatic heterocycles. The first-order valence-electron chi connectivity index (χ1n) is 8.54. The zero-order valence-corrected chi connectivity index (χ0v) is 14.3. The Labute approximate surface area is 152 Å². The van der Waals surface area contributed by atoms with Crippen LogP contribution < -0.4 is 0 Å². The van der Waals surface area contributed by atoms with E-state index in [1.165, 1.54) is 22.3 Å². The monoisotopic (exact) mass is 332 g/mol. The van der Waals surface area contributed by atoms with Crippen LogP contribution in [0.1, 0.15) is 60.9 Å². The van der Waals surface area contributed by atoms with Crippen LogP contribution in [0, 0.1) is 0 Å². The minimum atomic E-state index is 0. The summed E-state index contributed by atoms with van der Waals surface area (Å²) in [5.41, 5.74) is 6.03.